The summed E-state index contributed by atoms with van der Waals surface area (Å²) in [5.74, 6) is -0.273. The fourth-order valence-corrected chi connectivity index (χ4v) is 5.87. The second-order valence-corrected chi connectivity index (χ2v) is 10.7. The van der Waals surface area contributed by atoms with Crippen LogP contribution in [-0.4, -0.2) is 68.5 Å². The van der Waals surface area contributed by atoms with Gasteiger partial charge in [0, 0.05) is 19.0 Å². The van der Waals surface area contributed by atoms with Crippen LogP contribution in [0.4, 0.5) is 0 Å². The van der Waals surface area contributed by atoms with Crippen LogP contribution in [0.15, 0.2) is 29.2 Å². The van der Waals surface area contributed by atoms with Crippen molar-refractivity contribution in [1.82, 2.24) is 9.80 Å². The molecule has 0 aromatic heterocycles. The number of nitrogens with zero attached hydrogens (tertiary/aromatic N) is 2. The fourth-order valence-electron chi connectivity index (χ4n) is 4.48. The molecule has 0 saturated carbocycles. The van der Waals surface area contributed by atoms with E-state index in [1.165, 1.54) is 0 Å². The summed E-state index contributed by atoms with van der Waals surface area (Å²) >= 11 is 0. The number of carbonyl (C=O) groups is 2. The maximum Gasteiger partial charge on any atom is 0.225 e. The third-order valence-electron chi connectivity index (χ3n) is 6.31. The zero-order chi connectivity index (χ0) is 21.7. The van der Waals surface area contributed by atoms with Crippen molar-refractivity contribution in [1.29, 1.82) is 0 Å². The van der Waals surface area contributed by atoms with Crippen molar-refractivity contribution in [2.24, 2.45) is 17.6 Å². The average Bonchev–Trinajstić information content (AvgIpc) is 2.74. The molecule has 166 valence electrons. The van der Waals surface area contributed by atoms with Gasteiger partial charge in [0.15, 0.2) is 9.84 Å². The largest absolute Gasteiger partial charge is 0.369 e. The molecule has 0 bridgehead atoms. The minimum Gasteiger partial charge on any atom is -0.369 e. The van der Waals surface area contributed by atoms with Crippen LogP contribution < -0.4 is 5.73 Å². The minimum absolute atomic E-state index is 0.0103. The van der Waals surface area contributed by atoms with Crippen LogP contribution in [0.5, 0.6) is 0 Å². The van der Waals surface area contributed by atoms with Crippen molar-refractivity contribution in [2.75, 3.05) is 38.5 Å². The summed E-state index contributed by atoms with van der Waals surface area (Å²) in [4.78, 5) is 28.7. The van der Waals surface area contributed by atoms with Crippen molar-refractivity contribution in [3.05, 3.63) is 29.8 Å². The molecule has 1 aromatic rings. The number of primary amides is 1. The van der Waals surface area contributed by atoms with Crippen LogP contribution >= 0.6 is 0 Å². The lowest BCUT2D eigenvalue weighted by molar-refractivity contribution is -0.140. The number of hydrogen-bond acceptors (Lipinski definition) is 5. The maximum atomic E-state index is 12.8. The van der Waals surface area contributed by atoms with E-state index in [2.05, 4.69) is 4.90 Å². The molecule has 1 unspecified atom stereocenters. The Balaban J connectivity index is 1.42. The highest BCUT2D eigenvalue weighted by Crippen LogP contribution is 2.24. The number of amides is 2. The third-order valence-corrected chi connectivity index (χ3v) is 8.11. The van der Waals surface area contributed by atoms with Crippen LogP contribution in [0.2, 0.25) is 0 Å². The first kappa shape index (κ1) is 22.7. The van der Waals surface area contributed by atoms with E-state index < -0.39 is 9.84 Å². The Hall–Kier alpha value is -1.93. The highest BCUT2D eigenvalue weighted by molar-refractivity contribution is 7.91. The summed E-state index contributed by atoms with van der Waals surface area (Å²) in [5, 5.41) is 0. The molecule has 0 radical (unpaired) electrons. The lowest BCUT2D eigenvalue weighted by Gasteiger charge is -2.37. The summed E-state index contributed by atoms with van der Waals surface area (Å²) in [6.45, 7) is 5.37. The number of sulfone groups is 1. The highest BCUT2D eigenvalue weighted by atomic mass is 32.2. The lowest BCUT2D eigenvalue weighted by Crippen LogP contribution is -2.48. The van der Waals surface area contributed by atoms with Gasteiger partial charge in [0.2, 0.25) is 11.8 Å². The number of piperidine rings is 2. The van der Waals surface area contributed by atoms with E-state index in [0.29, 0.717) is 24.4 Å². The average molecular weight is 436 g/mol. The summed E-state index contributed by atoms with van der Waals surface area (Å²) in [6, 6.07) is 7.04. The molecule has 0 aliphatic carbocycles. The third kappa shape index (κ3) is 5.82. The number of benzene rings is 1. The van der Waals surface area contributed by atoms with Crippen LogP contribution in [0.25, 0.3) is 0 Å². The zero-order valence-electron chi connectivity index (χ0n) is 17.8. The summed E-state index contributed by atoms with van der Waals surface area (Å²) < 4.78 is 25.0. The normalized spacial score (nSPS) is 21.5. The SMILES string of the molecule is Cc1cccc(S(=O)(=O)CCCN2CCC(C(=O)N3CCCC(C(N)=O)C3)CC2)c1. The van der Waals surface area contributed by atoms with Gasteiger partial charge in [0.1, 0.15) is 0 Å². The molecule has 1 aromatic carbocycles. The topological polar surface area (TPSA) is 101 Å². The second kappa shape index (κ2) is 9.92. The molecule has 3 rings (SSSR count). The van der Waals surface area contributed by atoms with Gasteiger partial charge in [-0.3, -0.25) is 9.59 Å². The Bertz CT molecular complexity index is 863. The van der Waals surface area contributed by atoms with Crippen molar-refractivity contribution in [2.45, 2.75) is 43.9 Å². The van der Waals surface area contributed by atoms with Crippen molar-refractivity contribution < 1.29 is 18.0 Å². The lowest BCUT2D eigenvalue weighted by atomic mass is 9.92. The molecule has 30 heavy (non-hydrogen) atoms. The molecule has 0 spiro atoms. The Morgan fingerprint density at radius 1 is 1.10 bits per heavy atom. The summed E-state index contributed by atoms with van der Waals surface area (Å²) in [5.41, 5.74) is 6.36. The van der Waals surface area contributed by atoms with Gasteiger partial charge in [0.05, 0.1) is 16.6 Å². The van der Waals surface area contributed by atoms with Crippen LogP contribution in [0.3, 0.4) is 0 Å². The van der Waals surface area contributed by atoms with E-state index in [-0.39, 0.29) is 29.4 Å². The van der Waals surface area contributed by atoms with E-state index >= 15 is 0 Å². The number of hydrogen-bond donors (Lipinski definition) is 1. The molecule has 2 aliphatic rings. The molecule has 2 N–H and O–H groups in total. The van der Waals surface area contributed by atoms with Crippen molar-refractivity contribution >= 4 is 21.7 Å². The first-order valence-corrected chi connectivity index (χ1v) is 12.5. The van der Waals surface area contributed by atoms with E-state index in [0.717, 1.165) is 50.9 Å². The van der Waals surface area contributed by atoms with Gasteiger partial charge in [-0.25, -0.2) is 8.42 Å². The van der Waals surface area contributed by atoms with Gasteiger partial charge in [-0.2, -0.15) is 0 Å². The molecule has 2 saturated heterocycles. The number of rotatable bonds is 7. The van der Waals surface area contributed by atoms with E-state index in [9.17, 15) is 18.0 Å². The first-order valence-electron chi connectivity index (χ1n) is 10.9. The van der Waals surface area contributed by atoms with Crippen LogP contribution in [0.1, 0.15) is 37.7 Å². The standard InChI is InChI=1S/C22H33N3O4S/c1-17-5-2-7-20(15-17)30(28,29)14-4-10-24-12-8-18(9-13-24)22(27)25-11-3-6-19(16-25)21(23)26/h2,5,7,15,18-19H,3-4,6,8-14,16H2,1H3,(H2,23,26). The van der Waals surface area contributed by atoms with Gasteiger partial charge in [-0.05, 0) is 76.4 Å². The molecule has 1 atom stereocenters. The smallest absolute Gasteiger partial charge is 0.225 e. The number of nitrogens with two attached hydrogens (primary N) is 1. The number of carbonyl (C=O) groups excluding carboxylic acids is 2. The summed E-state index contributed by atoms with van der Waals surface area (Å²) in [7, 11) is -3.26. The predicted octanol–water partition coefficient (Wildman–Crippen LogP) is 1.59. The molecule has 8 heteroatoms. The molecule has 2 amide bonds. The van der Waals surface area contributed by atoms with Crippen molar-refractivity contribution in [3.63, 3.8) is 0 Å². The molecular weight excluding hydrogens is 402 g/mol. The Kier molecular flexibility index (Phi) is 7.52. The fraction of sp³-hybridized carbons (Fsp3) is 0.636. The highest BCUT2D eigenvalue weighted by Gasteiger charge is 2.32. The van der Waals surface area contributed by atoms with Gasteiger partial charge < -0.3 is 15.5 Å². The van der Waals surface area contributed by atoms with E-state index in [1.54, 1.807) is 18.2 Å². The van der Waals surface area contributed by atoms with Gasteiger partial charge in [0.25, 0.3) is 0 Å². The first-order chi connectivity index (χ1) is 14.3. The van der Waals surface area contributed by atoms with Gasteiger partial charge >= 0.3 is 0 Å². The predicted molar refractivity (Wildman–Crippen MR) is 116 cm³/mol. The Morgan fingerprint density at radius 2 is 1.83 bits per heavy atom. The summed E-state index contributed by atoms with van der Waals surface area (Å²) in [6.07, 6.45) is 3.74. The number of aryl methyl sites for hydroxylation is 1. The maximum absolute atomic E-state index is 12.8. The Labute approximate surface area is 179 Å². The monoisotopic (exact) mass is 435 g/mol. The molecule has 2 heterocycles. The molecule has 7 nitrogen and oxygen atoms in total. The Morgan fingerprint density at radius 3 is 2.50 bits per heavy atom. The van der Waals surface area contributed by atoms with Crippen molar-refractivity contribution in [3.8, 4) is 0 Å². The van der Waals surface area contributed by atoms with E-state index in [1.807, 2.05) is 17.9 Å². The minimum atomic E-state index is -3.26. The molecule has 2 fully saturated rings. The van der Waals surface area contributed by atoms with E-state index in [4.69, 9.17) is 5.73 Å². The van der Waals surface area contributed by atoms with Gasteiger partial charge in [-0.1, -0.05) is 12.1 Å². The zero-order valence-corrected chi connectivity index (χ0v) is 18.6. The number of likely N-dealkylation sites (tertiary alicyclic amines) is 2. The van der Waals surface area contributed by atoms with Crippen LogP contribution in [-0.2, 0) is 19.4 Å². The molecular formula is C22H33N3O4S. The second-order valence-electron chi connectivity index (χ2n) is 8.63. The quantitative estimate of drug-likeness (QED) is 0.701. The molecule has 2 aliphatic heterocycles. The van der Waals surface area contributed by atoms with Crippen LogP contribution in [0, 0.1) is 18.8 Å². The van der Waals surface area contributed by atoms with Gasteiger partial charge in [-0.15, -0.1) is 0 Å².